The molecule has 0 atom stereocenters. The Morgan fingerprint density at radius 2 is 1.64 bits per heavy atom. The Morgan fingerprint density at radius 3 is 2.43 bits per heavy atom. The largest absolute Gasteiger partial charge is 0.447 e. The van der Waals surface area contributed by atoms with Gasteiger partial charge in [0.25, 0.3) is 0 Å². The van der Waals surface area contributed by atoms with Gasteiger partial charge in [-0.05, 0) is 25.7 Å². The first-order chi connectivity index (χ1) is 13.7. The number of halogens is 1. The number of hydrogen-bond acceptors (Lipinski definition) is 5. The number of rotatable bonds is 18. The van der Waals surface area contributed by atoms with Crippen LogP contribution in [0.5, 0.6) is 0 Å². The summed E-state index contributed by atoms with van der Waals surface area (Å²) in [6.45, 7) is 1.33. The van der Waals surface area contributed by atoms with Gasteiger partial charge in [0.05, 0.1) is 19.9 Å². The molecule has 0 spiro atoms. The van der Waals surface area contributed by atoms with E-state index in [1.165, 1.54) is 12.8 Å². The van der Waals surface area contributed by atoms with Gasteiger partial charge >= 0.3 is 6.09 Å². The van der Waals surface area contributed by atoms with Crippen molar-refractivity contribution in [3.8, 4) is 0 Å². The molecule has 0 unspecified atom stereocenters. The summed E-state index contributed by atoms with van der Waals surface area (Å²) < 4.78 is 10.0. The van der Waals surface area contributed by atoms with E-state index in [9.17, 15) is 9.59 Å². The molecule has 0 aliphatic rings. The standard InChI is InChI=1S/C20H36ClN3O4/c21-13-11-9-7-5-3-1-2-4-6-8-10-12-19(25)23-14-15-27-16-17-28-20(26)24-18-22/h3,5,9,11H,1-2,4,6-8,10,12-18,22H2,(H,23,25)(H,24,26)/b5-3+,11-9+. The van der Waals surface area contributed by atoms with Gasteiger partial charge < -0.3 is 25.8 Å². The minimum Gasteiger partial charge on any atom is -0.447 e. The van der Waals surface area contributed by atoms with Gasteiger partial charge in [0.1, 0.15) is 6.61 Å². The van der Waals surface area contributed by atoms with Crippen LogP contribution in [0.3, 0.4) is 0 Å². The van der Waals surface area contributed by atoms with Gasteiger partial charge in [-0.15, -0.1) is 11.6 Å². The van der Waals surface area contributed by atoms with Crippen LogP contribution in [0.25, 0.3) is 0 Å². The molecule has 0 aromatic carbocycles. The van der Waals surface area contributed by atoms with Crippen molar-refractivity contribution in [2.75, 3.05) is 38.9 Å². The van der Waals surface area contributed by atoms with Crippen LogP contribution in [-0.2, 0) is 14.3 Å². The fourth-order valence-corrected chi connectivity index (χ4v) is 2.44. The highest BCUT2D eigenvalue weighted by Gasteiger charge is 2.01. The van der Waals surface area contributed by atoms with E-state index < -0.39 is 6.09 Å². The zero-order valence-electron chi connectivity index (χ0n) is 16.8. The van der Waals surface area contributed by atoms with E-state index in [1.54, 1.807) is 0 Å². The highest BCUT2D eigenvalue weighted by Crippen LogP contribution is 2.07. The molecule has 0 aliphatic heterocycles. The van der Waals surface area contributed by atoms with Crippen molar-refractivity contribution in [3.05, 3.63) is 24.3 Å². The summed E-state index contributed by atoms with van der Waals surface area (Å²) in [5, 5.41) is 5.13. The summed E-state index contributed by atoms with van der Waals surface area (Å²) in [4.78, 5) is 22.6. The lowest BCUT2D eigenvalue weighted by Gasteiger charge is -2.07. The molecule has 0 fully saturated rings. The van der Waals surface area contributed by atoms with Gasteiger partial charge in [-0.25, -0.2) is 4.79 Å². The molecule has 0 aromatic rings. The first kappa shape index (κ1) is 26.4. The molecule has 7 nitrogen and oxygen atoms in total. The molecule has 0 saturated carbocycles. The van der Waals surface area contributed by atoms with Crippen LogP contribution >= 0.6 is 11.6 Å². The lowest BCUT2D eigenvalue weighted by Crippen LogP contribution is -2.31. The predicted molar refractivity (Wildman–Crippen MR) is 113 cm³/mol. The highest BCUT2D eigenvalue weighted by molar-refractivity contribution is 6.18. The third-order valence-electron chi connectivity index (χ3n) is 3.75. The van der Waals surface area contributed by atoms with Crippen LogP contribution in [0, 0.1) is 0 Å². The third-order valence-corrected chi connectivity index (χ3v) is 3.92. The van der Waals surface area contributed by atoms with Crippen LogP contribution in [0.4, 0.5) is 4.79 Å². The average Bonchev–Trinajstić information content (AvgIpc) is 2.68. The van der Waals surface area contributed by atoms with Gasteiger partial charge in [0, 0.05) is 18.8 Å². The number of carbonyl (C=O) groups excluding carboxylic acids is 2. The van der Waals surface area contributed by atoms with Gasteiger partial charge in [0.2, 0.25) is 5.91 Å². The molecular formula is C20H36ClN3O4. The Kier molecular flexibility index (Phi) is 20.5. The first-order valence-corrected chi connectivity index (χ1v) is 10.5. The lowest BCUT2D eigenvalue weighted by atomic mass is 10.1. The number of carbonyl (C=O) groups is 2. The summed E-state index contributed by atoms with van der Waals surface area (Å²) >= 11 is 5.55. The molecule has 0 aliphatic carbocycles. The number of nitrogens with two attached hydrogens (primary N) is 1. The molecule has 0 saturated heterocycles. The normalized spacial score (nSPS) is 11.2. The second-order valence-electron chi connectivity index (χ2n) is 6.12. The quantitative estimate of drug-likeness (QED) is 0.137. The minimum atomic E-state index is -0.564. The van der Waals surface area contributed by atoms with Crippen LogP contribution in [0.15, 0.2) is 24.3 Å². The van der Waals surface area contributed by atoms with Crippen molar-refractivity contribution < 1.29 is 19.1 Å². The van der Waals surface area contributed by atoms with Crippen molar-refractivity contribution in [1.82, 2.24) is 10.6 Å². The second kappa shape index (κ2) is 21.7. The Hall–Kier alpha value is -1.57. The second-order valence-corrected chi connectivity index (χ2v) is 6.43. The number of amides is 2. The monoisotopic (exact) mass is 417 g/mol. The highest BCUT2D eigenvalue weighted by atomic mass is 35.5. The van der Waals surface area contributed by atoms with E-state index in [0.717, 1.165) is 32.1 Å². The number of nitrogens with one attached hydrogen (secondary N) is 2. The van der Waals surface area contributed by atoms with E-state index in [2.05, 4.69) is 28.9 Å². The first-order valence-electron chi connectivity index (χ1n) is 10.0. The number of alkyl halides is 1. The van der Waals surface area contributed by atoms with Crippen molar-refractivity contribution in [1.29, 1.82) is 0 Å². The topological polar surface area (TPSA) is 103 Å². The van der Waals surface area contributed by atoms with Crippen LogP contribution in [0.2, 0.25) is 0 Å². The molecule has 0 rings (SSSR count). The number of hydrogen-bond donors (Lipinski definition) is 3. The maximum atomic E-state index is 11.7. The average molecular weight is 418 g/mol. The molecule has 0 heterocycles. The van der Waals surface area contributed by atoms with Crippen LogP contribution in [-0.4, -0.2) is 50.9 Å². The van der Waals surface area contributed by atoms with Crippen LogP contribution < -0.4 is 16.4 Å². The van der Waals surface area contributed by atoms with Gasteiger partial charge in [-0.2, -0.15) is 0 Å². The van der Waals surface area contributed by atoms with Crippen molar-refractivity contribution >= 4 is 23.6 Å². The summed E-state index contributed by atoms with van der Waals surface area (Å²) in [5.41, 5.74) is 5.13. The van der Waals surface area contributed by atoms with Gasteiger partial charge in [-0.3, -0.25) is 4.79 Å². The zero-order valence-corrected chi connectivity index (χ0v) is 17.6. The number of unbranched alkanes of at least 4 members (excludes halogenated alkanes) is 5. The molecule has 2 amide bonds. The smallest absolute Gasteiger partial charge is 0.408 e. The van der Waals surface area contributed by atoms with E-state index in [-0.39, 0.29) is 25.8 Å². The fourth-order valence-electron chi connectivity index (χ4n) is 2.31. The molecule has 162 valence electrons. The molecule has 28 heavy (non-hydrogen) atoms. The van der Waals surface area contributed by atoms with E-state index in [0.29, 0.717) is 25.5 Å². The fraction of sp³-hybridized carbons (Fsp3) is 0.700. The Morgan fingerprint density at radius 1 is 0.893 bits per heavy atom. The Labute approximate surface area is 174 Å². The minimum absolute atomic E-state index is 0.0386. The SMILES string of the molecule is NCNC(=O)OCCOCCNC(=O)CCCCCCC/C=C/C/C=C/CCl. The van der Waals surface area contributed by atoms with Gasteiger partial charge in [-0.1, -0.05) is 43.6 Å². The zero-order chi connectivity index (χ0) is 20.7. The Balaban J connectivity index is 3.29. The van der Waals surface area contributed by atoms with E-state index in [1.807, 2.05) is 6.08 Å². The molecule has 4 N–H and O–H groups in total. The number of allylic oxidation sites excluding steroid dienone is 4. The molecule has 0 aromatic heterocycles. The van der Waals surface area contributed by atoms with Crippen molar-refractivity contribution in [2.45, 2.75) is 51.4 Å². The van der Waals surface area contributed by atoms with Crippen molar-refractivity contribution in [2.24, 2.45) is 5.73 Å². The summed E-state index contributed by atoms with van der Waals surface area (Å²) in [5.74, 6) is 0.627. The number of ether oxygens (including phenoxy) is 2. The maximum Gasteiger partial charge on any atom is 0.408 e. The summed E-state index contributed by atoms with van der Waals surface area (Å²) in [6.07, 6.45) is 16.0. The van der Waals surface area contributed by atoms with Gasteiger partial charge in [0.15, 0.2) is 0 Å². The summed E-state index contributed by atoms with van der Waals surface area (Å²) in [7, 11) is 0. The summed E-state index contributed by atoms with van der Waals surface area (Å²) in [6, 6.07) is 0. The lowest BCUT2D eigenvalue weighted by molar-refractivity contribution is -0.121. The molecule has 0 bridgehead atoms. The van der Waals surface area contributed by atoms with E-state index in [4.69, 9.17) is 26.8 Å². The van der Waals surface area contributed by atoms with Crippen LogP contribution in [0.1, 0.15) is 51.4 Å². The molecule has 8 heteroatoms. The number of alkyl carbamates (subject to hydrolysis) is 1. The Bertz CT molecular complexity index is 445. The maximum absolute atomic E-state index is 11.7. The van der Waals surface area contributed by atoms with E-state index >= 15 is 0 Å². The molecule has 0 radical (unpaired) electrons. The predicted octanol–water partition coefficient (Wildman–Crippen LogP) is 3.23. The molecular weight excluding hydrogens is 382 g/mol. The third kappa shape index (κ3) is 20.7. The van der Waals surface area contributed by atoms with Crippen molar-refractivity contribution in [3.63, 3.8) is 0 Å².